The molecule has 2 N–H and O–H groups in total. The first-order valence-corrected chi connectivity index (χ1v) is 7.69. The molecule has 1 amide bonds. The summed E-state index contributed by atoms with van der Waals surface area (Å²) in [4.78, 5) is 23.8. The Kier molecular flexibility index (Phi) is 3.04. The van der Waals surface area contributed by atoms with E-state index in [9.17, 15) is 9.59 Å². The molecule has 2 aliphatic rings. The van der Waals surface area contributed by atoms with Crippen LogP contribution in [0.15, 0.2) is 28.7 Å². The number of fused-ring (bicyclic) bond motifs is 3. The number of rotatable bonds is 3. The number of ketones is 1. The number of hydrogen-bond acceptors (Lipinski definition) is 4. The number of benzene rings is 1. The number of Topliss-reactive ketones (excluding diaryl/α,β-unsaturated/α-hetero) is 1. The van der Waals surface area contributed by atoms with E-state index >= 15 is 0 Å². The third-order valence-electron chi connectivity index (χ3n) is 4.77. The highest BCUT2D eigenvalue weighted by atomic mass is 16.3. The number of nitrogens with one attached hydrogen (secondary N) is 2. The van der Waals surface area contributed by atoms with Crippen LogP contribution in [0.2, 0.25) is 0 Å². The van der Waals surface area contributed by atoms with Crippen LogP contribution < -0.4 is 10.6 Å². The van der Waals surface area contributed by atoms with Crippen molar-refractivity contribution in [1.29, 1.82) is 0 Å². The predicted molar refractivity (Wildman–Crippen MR) is 82.0 cm³/mol. The highest BCUT2D eigenvalue weighted by Gasteiger charge is 2.40. The predicted octanol–water partition coefficient (Wildman–Crippen LogP) is 2.12. The highest BCUT2D eigenvalue weighted by Crippen LogP contribution is 2.31. The van der Waals surface area contributed by atoms with Crippen molar-refractivity contribution in [3.63, 3.8) is 0 Å². The summed E-state index contributed by atoms with van der Waals surface area (Å²) in [6, 6.07) is 7.59. The van der Waals surface area contributed by atoms with E-state index in [4.69, 9.17) is 4.42 Å². The average Bonchev–Trinajstić information content (AvgIpc) is 3.20. The zero-order chi connectivity index (χ0) is 15.3. The zero-order valence-corrected chi connectivity index (χ0v) is 12.4. The fourth-order valence-electron chi connectivity index (χ4n) is 3.62. The van der Waals surface area contributed by atoms with Crippen LogP contribution in [0.1, 0.15) is 40.7 Å². The van der Waals surface area contributed by atoms with Crippen LogP contribution in [0.4, 0.5) is 0 Å². The van der Waals surface area contributed by atoms with E-state index in [0.717, 1.165) is 24.8 Å². The number of carbonyl (C=O) groups excluding carboxylic acids is 2. The van der Waals surface area contributed by atoms with Gasteiger partial charge in [-0.15, -0.1) is 0 Å². The summed E-state index contributed by atoms with van der Waals surface area (Å²) < 4.78 is 5.45. The summed E-state index contributed by atoms with van der Waals surface area (Å²) in [6.07, 6.45) is 2.22. The molecule has 3 atom stereocenters. The monoisotopic (exact) mass is 298 g/mol. The fraction of sp³-hybridized carbons (Fsp3) is 0.412. The van der Waals surface area contributed by atoms with E-state index in [-0.39, 0.29) is 17.7 Å². The molecule has 114 valence electrons. The maximum absolute atomic E-state index is 12.4. The molecule has 1 aromatic heterocycles. The number of hydrogen-bond donors (Lipinski definition) is 2. The standard InChI is InChI=1S/C17H18N2O3/c1-9(20)16-7-12-6-11(2-3-15(12)22-16)17(21)19-14-5-10-4-13(14)18-8-10/h2-3,6-7,10,13-14,18H,4-5,8H2,1H3,(H,19,21). The van der Waals surface area contributed by atoms with E-state index < -0.39 is 0 Å². The van der Waals surface area contributed by atoms with Gasteiger partial charge in [-0.3, -0.25) is 9.59 Å². The van der Waals surface area contributed by atoms with Gasteiger partial charge in [0.25, 0.3) is 5.91 Å². The van der Waals surface area contributed by atoms with Crippen LogP contribution in [-0.2, 0) is 0 Å². The van der Waals surface area contributed by atoms with Crippen LogP contribution in [0.5, 0.6) is 0 Å². The molecule has 22 heavy (non-hydrogen) atoms. The minimum atomic E-state index is -0.116. The van der Waals surface area contributed by atoms with Crippen molar-refractivity contribution in [3.8, 4) is 0 Å². The maximum Gasteiger partial charge on any atom is 0.251 e. The van der Waals surface area contributed by atoms with Crippen LogP contribution in [0, 0.1) is 5.92 Å². The highest BCUT2D eigenvalue weighted by molar-refractivity contribution is 6.00. The van der Waals surface area contributed by atoms with E-state index in [1.165, 1.54) is 6.92 Å². The number of carbonyl (C=O) groups is 2. The van der Waals surface area contributed by atoms with Crippen LogP contribution in [-0.4, -0.2) is 30.3 Å². The first-order valence-electron chi connectivity index (χ1n) is 7.69. The smallest absolute Gasteiger partial charge is 0.251 e. The Hall–Kier alpha value is -2.14. The van der Waals surface area contributed by atoms with Crippen molar-refractivity contribution < 1.29 is 14.0 Å². The lowest BCUT2D eigenvalue weighted by Gasteiger charge is -2.23. The van der Waals surface area contributed by atoms with Crippen molar-refractivity contribution >= 4 is 22.7 Å². The normalized spacial score (nSPS) is 26.5. The summed E-state index contributed by atoms with van der Waals surface area (Å²) in [7, 11) is 0. The van der Waals surface area contributed by atoms with Crippen LogP contribution in [0.3, 0.4) is 0 Å². The molecule has 1 aromatic carbocycles. The fourth-order valence-corrected chi connectivity index (χ4v) is 3.62. The Balaban J connectivity index is 1.55. The molecular formula is C17H18N2O3. The zero-order valence-electron chi connectivity index (χ0n) is 12.4. The Labute approximate surface area is 128 Å². The number of piperidine rings is 1. The number of amides is 1. The molecule has 1 aliphatic carbocycles. The first-order chi connectivity index (χ1) is 10.6. The second-order valence-corrected chi connectivity index (χ2v) is 6.35. The molecule has 2 bridgehead atoms. The summed E-state index contributed by atoms with van der Waals surface area (Å²) >= 11 is 0. The lowest BCUT2D eigenvalue weighted by molar-refractivity contribution is 0.0927. The molecule has 1 aliphatic heterocycles. The van der Waals surface area contributed by atoms with E-state index in [2.05, 4.69) is 10.6 Å². The Morgan fingerprint density at radius 1 is 1.27 bits per heavy atom. The van der Waals surface area contributed by atoms with Crippen molar-refractivity contribution in [3.05, 3.63) is 35.6 Å². The van der Waals surface area contributed by atoms with E-state index in [1.54, 1.807) is 24.3 Å². The van der Waals surface area contributed by atoms with Crippen molar-refractivity contribution in [1.82, 2.24) is 10.6 Å². The largest absolute Gasteiger partial charge is 0.453 e. The van der Waals surface area contributed by atoms with Gasteiger partial charge in [-0.1, -0.05) is 0 Å². The van der Waals surface area contributed by atoms with Gasteiger partial charge in [0, 0.05) is 30.0 Å². The molecule has 5 heteroatoms. The lowest BCUT2D eigenvalue weighted by atomic mass is 10.1. The molecule has 0 radical (unpaired) electrons. The Morgan fingerprint density at radius 3 is 2.82 bits per heavy atom. The van der Waals surface area contributed by atoms with Gasteiger partial charge >= 0.3 is 0 Å². The topological polar surface area (TPSA) is 71.3 Å². The Morgan fingerprint density at radius 2 is 2.14 bits per heavy atom. The molecule has 2 aromatic rings. The van der Waals surface area contributed by atoms with Gasteiger partial charge in [0.1, 0.15) is 5.58 Å². The minimum absolute atomic E-state index is 0.0631. The second-order valence-electron chi connectivity index (χ2n) is 6.35. The third kappa shape index (κ3) is 2.22. The van der Waals surface area contributed by atoms with Crippen molar-refractivity contribution in [2.75, 3.05) is 6.54 Å². The van der Waals surface area contributed by atoms with Crippen molar-refractivity contribution in [2.45, 2.75) is 31.8 Å². The molecule has 1 saturated carbocycles. The van der Waals surface area contributed by atoms with Crippen molar-refractivity contribution in [2.24, 2.45) is 5.92 Å². The summed E-state index contributed by atoms with van der Waals surface area (Å²) in [5.74, 6) is 0.844. The molecule has 0 spiro atoms. The maximum atomic E-state index is 12.4. The summed E-state index contributed by atoms with van der Waals surface area (Å²) in [6.45, 7) is 2.54. The van der Waals surface area contributed by atoms with Gasteiger partial charge in [0.05, 0.1) is 0 Å². The molecule has 5 nitrogen and oxygen atoms in total. The van der Waals surface area contributed by atoms with Crippen LogP contribution >= 0.6 is 0 Å². The van der Waals surface area contributed by atoms with Gasteiger partial charge in [0.2, 0.25) is 0 Å². The van der Waals surface area contributed by atoms with E-state index in [0.29, 0.717) is 28.9 Å². The van der Waals surface area contributed by atoms with Gasteiger partial charge in [-0.2, -0.15) is 0 Å². The quantitative estimate of drug-likeness (QED) is 0.851. The first kappa shape index (κ1) is 13.5. The lowest BCUT2D eigenvalue weighted by Crippen LogP contribution is -2.47. The summed E-state index contributed by atoms with van der Waals surface area (Å²) in [5, 5.41) is 7.34. The SMILES string of the molecule is CC(=O)c1cc2cc(C(=O)NC3CC4CNC3C4)ccc2o1. The number of furan rings is 1. The van der Waals surface area contributed by atoms with Gasteiger partial charge in [-0.25, -0.2) is 0 Å². The molecular weight excluding hydrogens is 280 g/mol. The molecule has 2 fully saturated rings. The van der Waals surface area contributed by atoms with E-state index in [1.807, 2.05) is 0 Å². The van der Waals surface area contributed by atoms with Crippen LogP contribution in [0.25, 0.3) is 11.0 Å². The molecule has 1 saturated heterocycles. The second kappa shape index (κ2) is 4.95. The Bertz CT molecular complexity index is 764. The molecule has 4 rings (SSSR count). The van der Waals surface area contributed by atoms with Gasteiger partial charge in [0.15, 0.2) is 11.5 Å². The minimum Gasteiger partial charge on any atom is -0.453 e. The van der Waals surface area contributed by atoms with Gasteiger partial charge < -0.3 is 15.1 Å². The average molecular weight is 298 g/mol. The molecule has 3 unspecified atom stereocenters. The third-order valence-corrected chi connectivity index (χ3v) is 4.77. The summed E-state index contributed by atoms with van der Waals surface area (Å²) in [5.41, 5.74) is 1.23. The molecule has 2 heterocycles. The van der Waals surface area contributed by atoms with Gasteiger partial charge in [-0.05, 0) is 49.6 Å².